The van der Waals surface area contributed by atoms with Gasteiger partial charge in [-0.05, 0) is 25.7 Å². The van der Waals surface area contributed by atoms with Gasteiger partial charge in [-0.2, -0.15) is 0 Å². The molecule has 0 aliphatic heterocycles. The van der Waals surface area contributed by atoms with Crippen molar-refractivity contribution >= 4 is 11.7 Å². The van der Waals surface area contributed by atoms with E-state index in [1.54, 1.807) is 12.1 Å². The van der Waals surface area contributed by atoms with Crippen molar-refractivity contribution in [2.24, 2.45) is 0 Å². The van der Waals surface area contributed by atoms with Gasteiger partial charge in [0, 0.05) is 12.1 Å². The van der Waals surface area contributed by atoms with Crippen molar-refractivity contribution in [3.8, 4) is 11.5 Å². The van der Waals surface area contributed by atoms with Gasteiger partial charge in [-0.15, -0.1) is 0 Å². The SMILES string of the molecule is COc1cc(N)c(C(=O)OC2CCCC2)cc1OC. The van der Waals surface area contributed by atoms with E-state index in [2.05, 4.69) is 0 Å². The van der Waals surface area contributed by atoms with Crippen molar-refractivity contribution in [3.63, 3.8) is 0 Å². The molecule has 5 heteroatoms. The van der Waals surface area contributed by atoms with Gasteiger partial charge >= 0.3 is 5.97 Å². The third-order valence-corrected chi connectivity index (χ3v) is 3.35. The molecule has 0 amide bonds. The molecule has 0 heterocycles. The normalized spacial score (nSPS) is 15.3. The molecule has 2 rings (SSSR count). The molecule has 0 aromatic heterocycles. The average Bonchev–Trinajstić information content (AvgIpc) is 2.90. The molecule has 0 bridgehead atoms. The molecule has 0 spiro atoms. The molecule has 5 nitrogen and oxygen atoms in total. The van der Waals surface area contributed by atoms with Gasteiger partial charge in [-0.25, -0.2) is 4.79 Å². The van der Waals surface area contributed by atoms with E-state index < -0.39 is 5.97 Å². The number of carbonyl (C=O) groups excluding carboxylic acids is 1. The standard InChI is InChI=1S/C14H19NO4/c1-17-12-7-10(11(15)8-13(12)18-2)14(16)19-9-5-3-4-6-9/h7-9H,3-6,15H2,1-2H3. The summed E-state index contributed by atoms with van der Waals surface area (Å²) in [5, 5.41) is 0. The maximum atomic E-state index is 12.1. The van der Waals surface area contributed by atoms with Gasteiger partial charge in [-0.1, -0.05) is 0 Å². The Morgan fingerprint density at radius 2 is 1.74 bits per heavy atom. The number of ether oxygens (including phenoxy) is 3. The average molecular weight is 265 g/mol. The number of hydrogen-bond donors (Lipinski definition) is 1. The molecule has 0 atom stereocenters. The van der Waals surface area contributed by atoms with Crippen LogP contribution in [0.15, 0.2) is 12.1 Å². The number of rotatable bonds is 4. The van der Waals surface area contributed by atoms with E-state index >= 15 is 0 Å². The van der Waals surface area contributed by atoms with Crippen LogP contribution >= 0.6 is 0 Å². The van der Waals surface area contributed by atoms with Gasteiger partial charge in [-0.3, -0.25) is 0 Å². The lowest BCUT2D eigenvalue weighted by atomic mass is 10.1. The number of anilines is 1. The van der Waals surface area contributed by atoms with Crippen molar-refractivity contribution in [2.45, 2.75) is 31.8 Å². The van der Waals surface area contributed by atoms with Crippen molar-refractivity contribution in [1.82, 2.24) is 0 Å². The molecule has 2 N–H and O–H groups in total. The molecular weight excluding hydrogens is 246 g/mol. The van der Waals surface area contributed by atoms with Gasteiger partial charge in [0.25, 0.3) is 0 Å². The highest BCUT2D eigenvalue weighted by Gasteiger charge is 2.22. The molecule has 0 unspecified atom stereocenters. The minimum atomic E-state index is -0.398. The van der Waals surface area contributed by atoms with E-state index in [1.165, 1.54) is 14.2 Å². The molecule has 1 aromatic carbocycles. The summed E-state index contributed by atoms with van der Waals surface area (Å²) in [5.41, 5.74) is 6.52. The maximum Gasteiger partial charge on any atom is 0.340 e. The first kappa shape index (κ1) is 13.5. The van der Waals surface area contributed by atoms with Crippen LogP contribution < -0.4 is 15.2 Å². The summed E-state index contributed by atoms with van der Waals surface area (Å²) in [4.78, 5) is 12.1. The molecule has 1 fully saturated rings. The van der Waals surface area contributed by atoms with Gasteiger partial charge in [0.05, 0.1) is 25.5 Å². The first-order valence-electron chi connectivity index (χ1n) is 6.38. The van der Waals surface area contributed by atoms with Crippen molar-refractivity contribution in [3.05, 3.63) is 17.7 Å². The molecule has 1 aliphatic rings. The number of methoxy groups -OCH3 is 2. The van der Waals surface area contributed by atoms with E-state index in [-0.39, 0.29) is 6.10 Å². The highest BCUT2D eigenvalue weighted by molar-refractivity contribution is 5.96. The van der Waals surface area contributed by atoms with Gasteiger partial charge < -0.3 is 19.9 Å². The molecule has 1 aromatic rings. The van der Waals surface area contributed by atoms with Crippen LogP contribution in [0.25, 0.3) is 0 Å². The third kappa shape index (κ3) is 2.92. The zero-order valence-corrected chi connectivity index (χ0v) is 11.3. The summed E-state index contributed by atoms with van der Waals surface area (Å²) in [6.07, 6.45) is 4.09. The van der Waals surface area contributed by atoms with Crippen LogP contribution in [-0.2, 0) is 4.74 Å². The Morgan fingerprint density at radius 1 is 1.16 bits per heavy atom. The van der Waals surface area contributed by atoms with E-state index in [4.69, 9.17) is 19.9 Å². The Balaban J connectivity index is 2.20. The Kier molecular flexibility index (Phi) is 4.14. The largest absolute Gasteiger partial charge is 0.493 e. The highest BCUT2D eigenvalue weighted by atomic mass is 16.5. The van der Waals surface area contributed by atoms with Crippen LogP contribution in [0.2, 0.25) is 0 Å². The highest BCUT2D eigenvalue weighted by Crippen LogP contribution is 2.33. The fraction of sp³-hybridized carbons (Fsp3) is 0.500. The number of esters is 1. The van der Waals surface area contributed by atoms with Crippen LogP contribution in [0.3, 0.4) is 0 Å². The lowest BCUT2D eigenvalue weighted by Gasteiger charge is -2.14. The van der Waals surface area contributed by atoms with Crippen molar-refractivity contribution in [2.75, 3.05) is 20.0 Å². The molecule has 0 radical (unpaired) electrons. The number of carbonyl (C=O) groups is 1. The van der Waals surface area contributed by atoms with Crippen LogP contribution in [0.5, 0.6) is 11.5 Å². The fourth-order valence-corrected chi connectivity index (χ4v) is 2.29. The summed E-state index contributed by atoms with van der Waals surface area (Å²) < 4.78 is 15.7. The number of nitrogens with two attached hydrogens (primary N) is 1. The molecular formula is C14H19NO4. The number of benzene rings is 1. The molecule has 0 saturated heterocycles. The predicted molar refractivity (Wildman–Crippen MR) is 71.6 cm³/mol. The summed E-state index contributed by atoms with van der Waals surface area (Å²) in [6, 6.07) is 3.13. The Labute approximate surface area is 112 Å². The van der Waals surface area contributed by atoms with Gasteiger partial charge in [0.15, 0.2) is 11.5 Å². The second-order valence-corrected chi connectivity index (χ2v) is 4.61. The lowest BCUT2D eigenvalue weighted by molar-refractivity contribution is 0.0319. The van der Waals surface area contributed by atoms with E-state index in [0.717, 1.165) is 25.7 Å². The summed E-state index contributed by atoms with van der Waals surface area (Å²) in [5.74, 6) is 0.567. The third-order valence-electron chi connectivity index (χ3n) is 3.35. The predicted octanol–water partition coefficient (Wildman–Crippen LogP) is 2.39. The molecule has 1 aliphatic carbocycles. The summed E-state index contributed by atoms with van der Waals surface area (Å²) in [6.45, 7) is 0. The van der Waals surface area contributed by atoms with Crippen LogP contribution in [0, 0.1) is 0 Å². The molecule has 1 saturated carbocycles. The topological polar surface area (TPSA) is 70.8 Å². The summed E-state index contributed by atoms with van der Waals surface area (Å²) >= 11 is 0. The molecule has 19 heavy (non-hydrogen) atoms. The first-order valence-corrected chi connectivity index (χ1v) is 6.38. The molecule has 104 valence electrons. The quantitative estimate of drug-likeness (QED) is 0.668. The number of hydrogen-bond acceptors (Lipinski definition) is 5. The first-order chi connectivity index (χ1) is 9.15. The maximum absolute atomic E-state index is 12.1. The Hall–Kier alpha value is -1.91. The van der Waals surface area contributed by atoms with E-state index in [1.807, 2.05) is 0 Å². The second kappa shape index (κ2) is 5.82. The minimum absolute atomic E-state index is 0.0139. The smallest absolute Gasteiger partial charge is 0.340 e. The monoisotopic (exact) mass is 265 g/mol. The fourth-order valence-electron chi connectivity index (χ4n) is 2.29. The van der Waals surface area contributed by atoms with Crippen LogP contribution in [-0.4, -0.2) is 26.3 Å². The van der Waals surface area contributed by atoms with Crippen LogP contribution in [0.1, 0.15) is 36.0 Å². The summed E-state index contributed by atoms with van der Waals surface area (Å²) in [7, 11) is 3.04. The Bertz CT molecular complexity index is 467. The lowest BCUT2D eigenvalue weighted by Crippen LogP contribution is -2.16. The zero-order valence-electron chi connectivity index (χ0n) is 11.3. The van der Waals surface area contributed by atoms with Crippen molar-refractivity contribution < 1.29 is 19.0 Å². The van der Waals surface area contributed by atoms with E-state index in [0.29, 0.717) is 22.7 Å². The van der Waals surface area contributed by atoms with E-state index in [9.17, 15) is 4.79 Å². The minimum Gasteiger partial charge on any atom is -0.493 e. The van der Waals surface area contributed by atoms with Gasteiger partial charge in [0.1, 0.15) is 6.10 Å². The zero-order chi connectivity index (χ0) is 13.8. The second-order valence-electron chi connectivity index (χ2n) is 4.61. The number of nitrogen functional groups attached to an aromatic ring is 1. The Morgan fingerprint density at radius 3 is 2.32 bits per heavy atom. The van der Waals surface area contributed by atoms with Crippen LogP contribution in [0.4, 0.5) is 5.69 Å². The van der Waals surface area contributed by atoms with Gasteiger partial charge in [0.2, 0.25) is 0 Å². The van der Waals surface area contributed by atoms with Crippen molar-refractivity contribution in [1.29, 1.82) is 0 Å².